The fraction of sp³-hybridized carbons (Fsp3) is 0.517. The summed E-state index contributed by atoms with van der Waals surface area (Å²) in [5, 5.41) is -0.592. The highest BCUT2D eigenvalue weighted by molar-refractivity contribution is 7.92. The number of ether oxygens (including phenoxy) is 1. The summed E-state index contributed by atoms with van der Waals surface area (Å²) in [5.74, 6) is -1.64. The summed E-state index contributed by atoms with van der Waals surface area (Å²) < 4.78 is 31.4. The molecular formula is C29H42N2O5S. The van der Waals surface area contributed by atoms with Gasteiger partial charge >= 0.3 is 0 Å². The molecule has 204 valence electrons. The molecule has 3 unspecified atom stereocenters. The molecule has 7 nitrogen and oxygen atoms in total. The number of carbonyl (C=O) groups excluding carboxylic acids is 2. The summed E-state index contributed by atoms with van der Waals surface area (Å²) in [4.78, 5) is 25.3. The highest BCUT2D eigenvalue weighted by Crippen LogP contribution is 2.47. The number of nitrogens with two attached hydrogens (primary N) is 2. The molecule has 0 radical (unpaired) electrons. The van der Waals surface area contributed by atoms with Gasteiger partial charge in [-0.2, -0.15) is 0 Å². The molecule has 0 saturated carbocycles. The zero-order chi connectivity index (χ0) is 28.1. The van der Waals surface area contributed by atoms with Gasteiger partial charge in [0.15, 0.2) is 9.84 Å². The summed E-state index contributed by atoms with van der Waals surface area (Å²) in [7, 11) is -2.04. The van der Waals surface area contributed by atoms with Gasteiger partial charge in [0.1, 0.15) is 5.75 Å². The van der Waals surface area contributed by atoms with Crippen LogP contribution in [0.1, 0.15) is 94.1 Å². The average molecular weight is 531 g/mol. The van der Waals surface area contributed by atoms with Crippen molar-refractivity contribution in [1.82, 2.24) is 0 Å². The summed E-state index contributed by atoms with van der Waals surface area (Å²) in [6.45, 7) is 11.2. The van der Waals surface area contributed by atoms with Gasteiger partial charge in [0.2, 0.25) is 11.8 Å². The molecule has 37 heavy (non-hydrogen) atoms. The lowest BCUT2D eigenvalue weighted by Crippen LogP contribution is -2.39. The van der Waals surface area contributed by atoms with Crippen LogP contribution in [-0.2, 0) is 14.6 Å². The molecule has 0 spiro atoms. The number of benzene rings is 2. The van der Waals surface area contributed by atoms with Gasteiger partial charge in [-0.1, -0.05) is 58.4 Å². The lowest BCUT2D eigenvalue weighted by atomic mass is 9.66. The molecule has 0 aliphatic carbocycles. The Balaban J connectivity index is 2.78. The van der Waals surface area contributed by atoms with E-state index < -0.39 is 44.2 Å². The monoisotopic (exact) mass is 530 g/mol. The van der Waals surface area contributed by atoms with E-state index in [-0.39, 0.29) is 10.8 Å². The number of sulfone groups is 1. The van der Waals surface area contributed by atoms with E-state index in [9.17, 15) is 18.0 Å². The molecule has 2 amide bonds. The standard InChI is InChI=1S/C29H42N2O5S/c1-8-11-19(21-12-9-10-13-23(21)27(30)32)16-24(26(28(31)33)29(4,5)6)22-15-14-20(17-25(22)36-7)37(34,35)18(2)3/h9-10,12-15,17-19,24,26H,8,11,16H2,1-7H3,(H2,30,32)(H2,31,33). The van der Waals surface area contributed by atoms with Crippen LogP contribution in [0.5, 0.6) is 5.75 Å². The molecule has 2 rings (SSSR count). The van der Waals surface area contributed by atoms with Crippen molar-refractivity contribution >= 4 is 21.7 Å². The quantitative estimate of drug-likeness (QED) is 0.390. The molecule has 0 heterocycles. The zero-order valence-corrected chi connectivity index (χ0v) is 23.9. The molecule has 4 N–H and O–H groups in total. The minimum Gasteiger partial charge on any atom is -0.496 e. The minimum absolute atomic E-state index is 0.0910. The Labute approximate surface area is 221 Å². The largest absolute Gasteiger partial charge is 0.496 e. The third-order valence-electron chi connectivity index (χ3n) is 7.04. The summed E-state index contributed by atoms with van der Waals surface area (Å²) in [6.07, 6.45) is 2.11. The van der Waals surface area contributed by atoms with Crippen LogP contribution in [-0.4, -0.2) is 32.6 Å². The molecule has 8 heteroatoms. The van der Waals surface area contributed by atoms with Crippen LogP contribution in [0.25, 0.3) is 0 Å². The maximum atomic E-state index is 12.9. The molecule has 0 aliphatic rings. The summed E-state index contributed by atoms with van der Waals surface area (Å²) in [6, 6.07) is 12.1. The highest BCUT2D eigenvalue weighted by atomic mass is 32.2. The normalized spacial score (nSPS) is 14.7. The minimum atomic E-state index is -3.53. The number of hydrogen-bond acceptors (Lipinski definition) is 5. The Morgan fingerprint density at radius 2 is 1.62 bits per heavy atom. The van der Waals surface area contributed by atoms with Crippen LogP contribution in [0, 0.1) is 11.3 Å². The van der Waals surface area contributed by atoms with Gasteiger partial charge in [0.05, 0.1) is 17.3 Å². The van der Waals surface area contributed by atoms with E-state index in [1.54, 1.807) is 38.1 Å². The van der Waals surface area contributed by atoms with Crippen molar-refractivity contribution in [2.24, 2.45) is 22.8 Å². The van der Waals surface area contributed by atoms with E-state index in [4.69, 9.17) is 16.2 Å². The highest BCUT2D eigenvalue weighted by Gasteiger charge is 2.40. The van der Waals surface area contributed by atoms with Gasteiger partial charge in [-0.25, -0.2) is 8.42 Å². The van der Waals surface area contributed by atoms with Gasteiger partial charge in [0.25, 0.3) is 0 Å². The van der Waals surface area contributed by atoms with Crippen molar-refractivity contribution in [3.8, 4) is 5.75 Å². The second-order valence-electron chi connectivity index (χ2n) is 11.0. The maximum Gasteiger partial charge on any atom is 0.248 e. The SMILES string of the molecule is CCCC(CC(c1ccc(S(=O)(=O)C(C)C)cc1OC)C(C(N)=O)C(C)(C)C)c1ccccc1C(N)=O. The van der Waals surface area contributed by atoms with Crippen molar-refractivity contribution in [1.29, 1.82) is 0 Å². The second-order valence-corrected chi connectivity index (χ2v) is 13.5. The Hall–Kier alpha value is -2.87. The number of primary amides is 2. The van der Waals surface area contributed by atoms with Gasteiger partial charge in [-0.3, -0.25) is 9.59 Å². The predicted octanol–water partition coefficient (Wildman–Crippen LogP) is 5.18. The Bertz CT molecular complexity index is 1220. The Morgan fingerprint density at radius 3 is 2.11 bits per heavy atom. The lowest BCUT2D eigenvalue weighted by molar-refractivity contribution is -0.126. The summed E-state index contributed by atoms with van der Waals surface area (Å²) >= 11 is 0. The second kappa shape index (κ2) is 12.1. The lowest BCUT2D eigenvalue weighted by Gasteiger charge is -2.38. The molecule has 0 aliphatic heterocycles. The molecule has 0 aromatic heterocycles. The molecular weight excluding hydrogens is 488 g/mol. The van der Waals surface area contributed by atoms with Crippen molar-refractivity contribution in [3.63, 3.8) is 0 Å². The topological polar surface area (TPSA) is 130 Å². The van der Waals surface area contributed by atoms with Crippen LogP contribution < -0.4 is 16.2 Å². The molecule has 0 saturated heterocycles. The van der Waals surface area contributed by atoms with E-state index in [1.807, 2.05) is 32.9 Å². The fourth-order valence-corrected chi connectivity index (χ4v) is 6.32. The van der Waals surface area contributed by atoms with E-state index >= 15 is 0 Å². The van der Waals surface area contributed by atoms with Crippen LogP contribution in [0.3, 0.4) is 0 Å². The van der Waals surface area contributed by atoms with Crippen molar-refractivity contribution < 1.29 is 22.7 Å². The van der Waals surface area contributed by atoms with E-state index in [2.05, 4.69) is 6.92 Å². The van der Waals surface area contributed by atoms with Gasteiger partial charge in [-0.15, -0.1) is 0 Å². The van der Waals surface area contributed by atoms with E-state index in [0.717, 1.165) is 18.4 Å². The van der Waals surface area contributed by atoms with Gasteiger partial charge < -0.3 is 16.2 Å². The summed E-state index contributed by atoms with van der Waals surface area (Å²) in [5.41, 5.74) is 13.2. The van der Waals surface area contributed by atoms with E-state index in [1.165, 1.54) is 13.2 Å². The van der Waals surface area contributed by atoms with Crippen LogP contribution in [0.2, 0.25) is 0 Å². The molecule has 2 aromatic carbocycles. The number of methoxy groups -OCH3 is 1. The first-order valence-corrected chi connectivity index (χ1v) is 14.3. The van der Waals surface area contributed by atoms with E-state index in [0.29, 0.717) is 23.3 Å². The predicted molar refractivity (Wildman–Crippen MR) is 147 cm³/mol. The van der Waals surface area contributed by atoms with Gasteiger partial charge in [0, 0.05) is 17.4 Å². The number of rotatable bonds is 12. The molecule has 0 fully saturated rings. The van der Waals surface area contributed by atoms with Crippen LogP contribution >= 0.6 is 0 Å². The van der Waals surface area contributed by atoms with Crippen molar-refractivity contribution in [2.75, 3.05) is 7.11 Å². The maximum absolute atomic E-state index is 12.9. The number of hydrogen-bond donors (Lipinski definition) is 2. The fourth-order valence-electron chi connectivity index (χ4n) is 5.25. The zero-order valence-electron chi connectivity index (χ0n) is 23.1. The smallest absolute Gasteiger partial charge is 0.248 e. The molecule has 3 atom stereocenters. The van der Waals surface area contributed by atoms with Crippen molar-refractivity contribution in [3.05, 3.63) is 59.2 Å². The molecule has 0 bridgehead atoms. The average Bonchev–Trinajstić information content (AvgIpc) is 2.81. The van der Waals surface area contributed by atoms with Crippen LogP contribution in [0.4, 0.5) is 0 Å². The number of amides is 2. The molecule has 2 aromatic rings. The third-order valence-corrected chi connectivity index (χ3v) is 9.19. The Morgan fingerprint density at radius 1 is 1.00 bits per heavy atom. The number of carbonyl (C=O) groups is 2. The Kier molecular flexibility index (Phi) is 9.94. The first kappa shape index (κ1) is 30.4. The van der Waals surface area contributed by atoms with Gasteiger partial charge in [-0.05, 0) is 67.3 Å². The first-order valence-electron chi connectivity index (χ1n) is 12.8. The van der Waals surface area contributed by atoms with Crippen molar-refractivity contribution in [2.45, 2.75) is 82.8 Å². The first-order chi connectivity index (χ1) is 17.2. The third kappa shape index (κ3) is 6.92. The van der Waals surface area contributed by atoms with Crippen LogP contribution in [0.15, 0.2) is 47.4 Å².